The number of carbonyl (C=O) groups excluding carboxylic acids is 2. The first kappa shape index (κ1) is 24.7. The van der Waals surface area contributed by atoms with E-state index >= 15 is 0 Å². The quantitative estimate of drug-likeness (QED) is 0.437. The zero-order valence-corrected chi connectivity index (χ0v) is 22.6. The molecule has 10 heteroatoms. The molecule has 0 radical (unpaired) electrons. The van der Waals surface area contributed by atoms with Gasteiger partial charge in [0.25, 0.3) is 0 Å². The van der Waals surface area contributed by atoms with Crippen LogP contribution in [0.25, 0.3) is 0 Å². The summed E-state index contributed by atoms with van der Waals surface area (Å²) in [6, 6.07) is 16.7. The molecule has 1 aromatic heterocycles. The highest BCUT2D eigenvalue weighted by molar-refractivity contribution is 8.00. The number of hydrogen-bond donors (Lipinski definition) is 2. The number of hydrogen-bond acceptors (Lipinski definition) is 7. The molecule has 8 nitrogen and oxygen atoms in total. The number of nitrogens with one attached hydrogen (secondary N) is 1. The van der Waals surface area contributed by atoms with Crippen LogP contribution in [0, 0.1) is 29.6 Å². The highest BCUT2D eigenvalue weighted by Crippen LogP contribution is 2.68. The zero-order chi connectivity index (χ0) is 27.0. The van der Waals surface area contributed by atoms with E-state index in [1.807, 2.05) is 54.6 Å². The lowest BCUT2D eigenvalue weighted by atomic mass is 9.68. The standard InChI is InChI=1S/C29H26N2O6S2/c1-13(28(34)35)31-26(32)21-17-11-18(22(21)27(31)33)23-20(17)19(24-25(38-23)30-29(36)39-24)15-8-5-9-16(10-15)37-12-14-6-3-2-4-7-14/h2-10,13,17-23H,11-12H2,1H3,(H,30,36)(H,34,35). The van der Waals surface area contributed by atoms with Crippen molar-refractivity contribution in [2.24, 2.45) is 29.6 Å². The number of carboxylic acid groups (broad SMARTS) is 1. The van der Waals surface area contributed by atoms with Gasteiger partial charge in [-0.2, -0.15) is 0 Å². The predicted molar refractivity (Wildman–Crippen MR) is 145 cm³/mol. The van der Waals surface area contributed by atoms with Crippen molar-refractivity contribution in [3.8, 4) is 5.75 Å². The summed E-state index contributed by atoms with van der Waals surface area (Å²) >= 11 is 2.82. The van der Waals surface area contributed by atoms with E-state index in [1.54, 1.807) is 11.8 Å². The number of carboxylic acids is 1. The Morgan fingerprint density at radius 1 is 1.08 bits per heavy atom. The van der Waals surface area contributed by atoms with Gasteiger partial charge in [0.15, 0.2) is 0 Å². The van der Waals surface area contributed by atoms with E-state index in [2.05, 4.69) is 4.98 Å². The number of aromatic nitrogens is 1. The summed E-state index contributed by atoms with van der Waals surface area (Å²) in [7, 11) is 0. The highest BCUT2D eigenvalue weighted by atomic mass is 32.2. The van der Waals surface area contributed by atoms with Gasteiger partial charge in [-0.25, -0.2) is 4.79 Å². The molecule has 39 heavy (non-hydrogen) atoms. The van der Waals surface area contributed by atoms with Crippen molar-refractivity contribution in [2.45, 2.75) is 42.2 Å². The number of thiazole rings is 1. The number of thioether (sulfide) groups is 1. The Morgan fingerprint density at radius 2 is 1.82 bits per heavy atom. The lowest BCUT2D eigenvalue weighted by Gasteiger charge is -2.43. The number of fused-ring (bicyclic) bond motifs is 9. The summed E-state index contributed by atoms with van der Waals surface area (Å²) in [4.78, 5) is 56.0. The summed E-state index contributed by atoms with van der Waals surface area (Å²) in [6.07, 6.45) is 0.754. The minimum atomic E-state index is -1.18. The van der Waals surface area contributed by atoms with Crippen LogP contribution >= 0.6 is 23.1 Å². The van der Waals surface area contributed by atoms with Gasteiger partial charge in [-0.05, 0) is 54.4 Å². The third-order valence-electron chi connectivity index (χ3n) is 8.97. The number of imide groups is 1. The predicted octanol–water partition coefficient (Wildman–Crippen LogP) is 3.96. The fraction of sp³-hybridized carbons (Fsp3) is 0.379. The molecule has 8 unspecified atom stereocenters. The molecule has 2 saturated carbocycles. The Kier molecular flexibility index (Phi) is 5.75. The second-order valence-electron chi connectivity index (χ2n) is 10.9. The maximum atomic E-state index is 13.5. The van der Waals surface area contributed by atoms with Crippen LogP contribution in [-0.4, -0.2) is 44.1 Å². The number of aliphatic carboxylic acids is 1. The number of nitrogens with zero attached hydrogens (tertiary/aromatic N) is 1. The summed E-state index contributed by atoms with van der Waals surface area (Å²) in [5.41, 5.74) is 2.08. The van der Waals surface area contributed by atoms with Crippen LogP contribution in [0.5, 0.6) is 5.75 Å². The molecule has 7 rings (SSSR count). The Balaban J connectivity index is 1.25. The van der Waals surface area contributed by atoms with Gasteiger partial charge in [0.1, 0.15) is 18.4 Å². The molecule has 8 atom stereocenters. The topological polar surface area (TPSA) is 117 Å². The first-order chi connectivity index (χ1) is 18.8. The summed E-state index contributed by atoms with van der Waals surface area (Å²) in [6.45, 7) is 1.83. The van der Waals surface area contributed by atoms with Crippen LogP contribution in [0.15, 0.2) is 64.4 Å². The van der Waals surface area contributed by atoms with E-state index in [1.165, 1.54) is 18.3 Å². The van der Waals surface area contributed by atoms with Gasteiger partial charge < -0.3 is 14.8 Å². The third kappa shape index (κ3) is 3.71. The van der Waals surface area contributed by atoms with Crippen LogP contribution in [0.2, 0.25) is 0 Å². The van der Waals surface area contributed by atoms with Gasteiger partial charge in [0.05, 0.1) is 16.9 Å². The summed E-state index contributed by atoms with van der Waals surface area (Å²) < 4.78 is 6.12. The normalized spacial score (nSPS) is 31.1. The third-order valence-corrected chi connectivity index (χ3v) is 11.6. The van der Waals surface area contributed by atoms with E-state index in [4.69, 9.17) is 4.74 Å². The molecule has 2 aromatic carbocycles. The molecule has 0 spiro atoms. The molecule has 3 heterocycles. The molecule has 200 valence electrons. The SMILES string of the molecule is CC(C(=O)O)N1C(=O)C2C3CC(C2C1=O)C1C(c2cccc(OCc4ccccc4)c2)c2sc(=O)[nH]c2SC31. The molecule has 3 fully saturated rings. The van der Waals surface area contributed by atoms with Crippen molar-refractivity contribution in [1.82, 2.24) is 9.88 Å². The van der Waals surface area contributed by atoms with E-state index in [0.29, 0.717) is 6.61 Å². The molecule has 2 aliphatic carbocycles. The molecule has 1 saturated heterocycles. The number of carbonyl (C=O) groups is 3. The molecular weight excluding hydrogens is 536 g/mol. The van der Waals surface area contributed by atoms with Gasteiger partial charge >= 0.3 is 10.8 Å². The maximum Gasteiger partial charge on any atom is 0.326 e. The monoisotopic (exact) mass is 562 g/mol. The molecular formula is C29H26N2O6S2. The van der Waals surface area contributed by atoms with Crippen LogP contribution < -0.4 is 9.61 Å². The Morgan fingerprint density at radius 3 is 2.56 bits per heavy atom. The van der Waals surface area contributed by atoms with Crippen LogP contribution in [-0.2, 0) is 21.0 Å². The largest absolute Gasteiger partial charge is 0.489 e. The molecule has 3 aromatic rings. The van der Waals surface area contributed by atoms with Crippen molar-refractivity contribution in [3.63, 3.8) is 0 Å². The summed E-state index contributed by atoms with van der Waals surface area (Å²) in [5.74, 6) is -2.37. The molecule has 2 aliphatic heterocycles. The molecule has 2 N–H and O–H groups in total. The average Bonchev–Trinajstić information content (AvgIpc) is 3.66. The first-order valence-corrected chi connectivity index (χ1v) is 14.8. The van der Waals surface area contributed by atoms with Crippen LogP contribution in [0.1, 0.15) is 35.3 Å². The van der Waals surface area contributed by atoms with E-state index in [-0.39, 0.29) is 45.6 Å². The minimum absolute atomic E-state index is 0.0430. The first-order valence-electron chi connectivity index (χ1n) is 13.1. The fourth-order valence-corrected chi connectivity index (χ4v) is 10.3. The van der Waals surface area contributed by atoms with Crippen LogP contribution in [0.3, 0.4) is 0 Å². The average molecular weight is 563 g/mol. The van der Waals surface area contributed by atoms with Gasteiger partial charge in [-0.1, -0.05) is 53.8 Å². The number of aromatic amines is 1. The number of ether oxygens (including phenoxy) is 1. The van der Waals surface area contributed by atoms with Crippen molar-refractivity contribution >= 4 is 40.9 Å². The van der Waals surface area contributed by atoms with Gasteiger partial charge in [0.2, 0.25) is 11.8 Å². The fourth-order valence-electron chi connectivity index (χ4n) is 7.44. The Bertz CT molecular complexity index is 1550. The second-order valence-corrected chi connectivity index (χ2v) is 13.1. The number of rotatable bonds is 6. The highest BCUT2D eigenvalue weighted by Gasteiger charge is 2.70. The Labute approximate surface area is 232 Å². The zero-order valence-electron chi connectivity index (χ0n) is 21.0. The number of H-pyrrole nitrogens is 1. The van der Waals surface area contributed by atoms with Gasteiger partial charge in [0, 0.05) is 16.0 Å². The lowest BCUT2D eigenvalue weighted by Crippen LogP contribution is -2.44. The van der Waals surface area contributed by atoms with Gasteiger partial charge in [-0.15, -0.1) is 11.8 Å². The smallest absolute Gasteiger partial charge is 0.326 e. The van der Waals surface area contributed by atoms with Crippen molar-refractivity contribution in [1.29, 1.82) is 0 Å². The lowest BCUT2D eigenvalue weighted by molar-refractivity contribution is -0.154. The van der Waals surface area contributed by atoms with Crippen molar-refractivity contribution < 1.29 is 24.2 Å². The number of amides is 2. The maximum absolute atomic E-state index is 13.5. The number of benzene rings is 2. The van der Waals surface area contributed by atoms with Crippen LogP contribution in [0.4, 0.5) is 0 Å². The van der Waals surface area contributed by atoms with Crippen molar-refractivity contribution in [3.05, 3.63) is 80.3 Å². The second kappa shape index (κ2) is 9.09. The van der Waals surface area contributed by atoms with Gasteiger partial charge in [-0.3, -0.25) is 19.3 Å². The minimum Gasteiger partial charge on any atom is -0.489 e. The number of likely N-dealkylation sites (tertiary alicyclic amines) is 1. The molecule has 4 aliphatic rings. The Hall–Kier alpha value is -3.37. The van der Waals surface area contributed by atoms with E-state index < -0.39 is 23.8 Å². The summed E-state index contributed by atoms with van der Waals surface area (Å²) in [5, 5.41) is 10.4. The van der Waals surface area contributed by atoms with E-state index in [0.717, 1.165) is 38.1 Å². The van der Waals surface area contributed by atoms with Crippen molar-refractivity contribution in [2.75, 3.05) is 0 Å². The molecule has 2 amide bonds. The molecule has 2 bridgehead atoms. The van der Waals surface area contributed by atoms with E-state index in [9.17, 15) is 24.3 Å².